The number of rotatable bonds is 7. The highest BCUT2D eigenvalue weighted by atomic mass is 32.2. The van der Waals surface area contributed by atoms with Crippen molar-refractivity contribution in [2.45, 2.75) is 31.1 Å². The number of carbonyl (C=O) groups is 3. The van der Waals surface area contributed by atoms with Gasteiger partial charge in [-0.15, -0.1) is 11.8 Å². The third-order valence-electron chi connectivity index (χ3n) is 3.88. The SMILES string of the molecule is CC(C)(C)c1ccc(C(=O)COC(=O)c2ccccc2SCC(N)=O)cc1. The number of amides is 1. The summed E-state index contributed by atoms with van der Waals surface area (Å²) in [6.07, 6.45) is 0. The van der Waals surface area contributed by atoms with Crippen LogP contribution in [0.1, 0.15) is 47.1 Å². The number of primary amides is 1. The smallest absolute Gasteiger partial charge is 0.339 e. The average Bonchev–Trinajstić information content (AvgIpc) is 2.63. The van der Waals surface area contributed by atoms with Crippen LogP contribution < -0.4 is 5.73 Å². The molecule has 0 atom stereocenters. The number of thioether (sulfide) groups is 1. The molecular formula is C21H23NO4S. The summed E-state index contributed by atoms with van der Waals surface area (Å²) in [5.41, 5.74) is 7.07. The molecule has 2 rings (SSSR count). The topological polar surface area (TPSA) is 86.5 Å². The van der Waals surface area contributed by atoms with E-state index in [4.69, 9.17) is 10.5 Å². The number of nitrogens with two attached hydrogens (primary N) is 1. The van der Waals surface area contributed by atoms with Crippen LogP contribution in [0.3, 0.4) is 0 Å². The zero-order chi connectivity index (χ0) is 20.0. The molecule has 0 aromatic heterocycles. The van der Waals surface area contributed by atoms with Gasteiger partial charge >= 0.3 is 5.97 Å². The van der Waals surface area contributed by atoms with Gasteiger partial charge in [0.05, 0.1) is 11.3 Å². The Hall–Kier alpha value is -2.60. The molecule has 0 spiro atoms. The first-order valence-electron chi connectivity index (χ1n) is 8.49. The summed E-state index contributed by atoms with van der Waals surface area (Å²) in [5, 5.41) is 0. The molecule has 0 aliphatic carbocycles. The van der Waals surface area contributed by atoms with Crippen molar-refractivity contribution in [3.05, 3.63) is 65.2 Å². The summed E-state index contributed by atoms with van der Waals surface area (Å²) in [5.74, 6) is -1.30. The Balaban J connectivity index is 2.01. The van der Waals surface area contributed by atoms with Gasteiger partial charge in [0, 0.05) is 10.5 Å². The maximum absolute atomic E-state index is 12.3. The van der Waals surface area contributed by atoms with E-state index in [0.717, 1.165) is 17.3 Å². The van der Waals surface area contributed by atoms with Gasteiger partial charge in [0.15, 0.2) is 12.4 Å². The Morgan fingerprint density at radius 2 is 1.63 bits per heavy atom. The number of Topliss-reactive ketones (excluding diaryl/α,β-unsaturated/α-hetero) is 1. The van der Waals surface area contributed by atoms with Crippen molar-refractivity contribution in [3.63, 3.8) is 0 Å². The minimum absolute atomic E-state index is 0.000330. The number of benzene rings is 2. The average molecular weight is 385 g/mol. The van der Waals surface area contributed by atoms with Crippen LogP contribution in [0, 0.1) is 0 Å². The molecule has 6 heteroatoms. The molecule has 0 saturated heterocycles. The highest BCUT2D eigenvalue weighted by Crippen LogP contribution is 2.24. The quantitative estimate of drug-likeness (QED) is 0.447. The predicted octanol–water partition coefficient (Wildman–Crippen LogP) is 3.60. The van der Waals surface area contributed by atoms with Crippen molar-refractivity contribution in [1.82, 2.24) is 0 Å². The Bertz CT molecular complexity index is 838. The fourth-order valence-corrected chi connectivity index (χ4v) is 3.14. The van der Waals surface area contributed by atoms with Crippen molar-refractivity contribution in [2.24, 2.45) is 5.73 Å². The van der Waals surface area contributed by atoms with E-state index in [0.29, 0.717) is 16.0 Å². The molecule has 0 saturated carbocycles. The zero-order valence-corrected chi connectivity index (χ0v) is 16.5. The fraction of sp³-hybridized carbons (Fsp3) is 0.286. The summed E-state index contributed by atoms with van der Waals surface area (Å²) in [7, 11) is 0. The van der Waals surface area contributed by atoms with Crippen LogP contribution in [0.4, 0.5) is 0 Å². The molecule has 5 nitrogen and oxygen atoms in total. The lowest BCUT2D eigenvalue weighted by Gasteiger charge is -2.19. The highest BCUT2D eigenvalue weighted by Gasteiger charge is 2.17. The second-order valence-electron chi connectivity index (χ2n) is 7.08. The Kier molecular flexibility index (Phi) is 6.80. The number of carbonyl (C=O) groups excluding carboxylic acids is 3. The van der Waals surface area contributed by atoms with Gasteiger partial charge in [0.2, 0.25) is 5.91 Å². The van der Waals surface area contributed by atoms with Crippen molar-refractivity contribution < 1.29 is 19.1 Å². The fourth-order valence-electron chi connectivity index (χ4n) is 2.36. The maximum atomic E-state index is 12.3. The first kappa shape index (κ1) is 20.7. The van der Waals surface area contributed by atoms with E-state index in [2.05, 4.69) is 20.8 Å². The van der Waals surface area contributed by atoms with E-state index >= 15 is 0 Å². The molecule has 2 N–H and O–H groups in total. The van der Waals surface area contributed by atoms with Crippen LogP contribution in [0.5, 0.6) is 0 Å². The lowest BCUT2D eigenvalue weighted by atomic mass is 9.86. The molecule has 1 amide bonds. The first-order chi connectivity index (χ1) is 12.7. The summed E-state index contributed by atoms with van der Waals surface area (Å²) in [6.45, 7) is 5.94. The van der Waals surface area contributed by atoms with Gasteiger partial charge in [-0.1, -0.05) is 57.2 Å². The van der Waals surface area contributed by atoms with Crippen LogP contribution in [0.2, 0.25) is 0 Å². The van der Waals surface area contributed by atoms with Crippen molar-refractivity contribution in [1.29, 1.82) is 0 Å². The van der Waals surface area contributed by atoms with Gasteiger partial charge < -0.3 is 10.5 Å². The van der Waals surface area contributed by atoms with E-state index in [9.17, 15) is 14.4 Å². The highest BCUT2D eigenvalue weighted by molar-refractivity contribution is 8.00. The van der Waals surface area contributed by atoms with Crippen LogP contribution in [-0.4, -0.2) is 30.0 Å². The summed E-state index contributed by atoms with van der Waals surface area (Å²) in [6, 6.07) is 14.0. The van der Waals surface area contributed by atoms with E-state index in [1.54, 1.807) is 36.4 Å². The standard InChI is InChI=1S/C21H23NO4S/c1-21(2,3)15-10-8-14(9-11-15)17(23)12-26-20(25)16-6-4-5-7-18(16)27-13-19(22)24/h4-11H,12-13H2,1-3H3,(H2,22,24). The Morgan fingerprint density at radius 3 is 2.22 bits per heavy atom. The first-order valence-corrected chi connectivity index (χ1v) is 9.48. The lowest BCUT2D eigenvalue weighted by molar-refractivity contribution is -0.115. The third kappa shape index (κ3) is 5.96. The minimum atomic E-state index is -0.609. The van der Waals surface area contributed by atoms with Gasteiger partial charge in [-0.25, -0.2) is 4.79 Å². The van der Waals surface area contributed by atoms with Gasteiger partial charge in [0.25, 0.3) is 0 Å². The van der Waals surface area contributed by atoms with Crippen LogP contribution in [0.15, 0.2) is 53.4 Å². The maximum Gasteiger partial charge on any atom is 0.339 e. The van der Waals surface area contributed by atoms with Crippen molar-refractivity contribution in [3.8, 4) is 0 Å². The summed E-state index contributed by atoms with van der Waals surface area (Å²) >= 11 is 1.16. The van der Waals surface area contributed by atoms with Crippen molar-refractivity contribution in [2.75, 3.05) is 12.4 Å². The molecule has 27 heavy (non-hydrogen) atoms. The molecule has 2 aromatic rings. The number of hydrogen-bond donors (Lipinski definition) is 1. The van der Waals surface area contributed by atoms with Crippen LogP contribution in [-0.2, 0) is 14.9 Å². The zero-order valence-electron chi connectivity index (χ0n) is 15.7. The monoisotopic (exact) mass is 385 g/mol. The van der Waals surface area contributed by atoms with E-state index in [1.165, 1.54) is 0 Å². The number of esters is 1. The molecular weight excluding hydrogens is 362 g/mol. The second kappa shape index (κ2) is 8.86. The lowest BCUT2D eigenvalue weighted by Crippen LogP contribution is -2.16. The van der Waals surface area contributed by atoms with E-state index in [-0.39, 0.29) is 23.6 Å². The second-order valence-corrected chi connectivity index (χ2v) is 8.09. The predicted molar refractivity (Wildman–Crippen MR) is 106 cm³/mol. The molecule has 0 fully saturated rings. The number of hydrogen-bond acceptors (Lipinski definition) is 5. The summed E-state index contributed by atoms with van der Waals surface area (Å²) < 4.78 is 5.17. The van der Waals surface area contributed by atoms with Crippen LogP contribution in [0.25, 0.3) is 0 Å². The molecule has 2 aromatic carbocycles. The van der Waals surface area contributed by atoms with Gasteiger partial charge in [-0.3, -0.25) is 9.59 Å². The minimum Gasteiger partial charge on any atom is -0.454 e. The Labute approximate surface area is 163 Å². The normalized spacial score (nSPS) is 11.1. The number of ketones is 1. The number of ether oxygens (including phenoxy) is 1. The summed E-state index contributed by atoms with van der Waals surface area (Å²) in [4.78, 5) is 36.2. The van der Waals surface area contributed by atoms with Crippen molar-refractivity contribution >= 4 is 29.4 Å². The molecule has 0 heterocycles. The van der Waals surface area contributed by atoms with Gasteiger partial charge in [-0.2, -0.15) is 0 Å². The van der Waals surface area contributed by atoms with Gasteiger partial charge in [0.1, 0.15) is 0 Å². The molecule has 0 aliphatic rings. The molecule has 0 bridgehead atoms. The van der Waals surface area contributed by atoms with E-state index in [1.807, 2.05) is 12.1 Å². The van der Waals surface area contributed by atoms with Crippen LogP contribution >= 0.6 is 11.8 Å². The molecule has 0 radical (unpaired) electrons. The molecule has 0 unspecified atom stereocenters. The molecule has 142 valence electrons. The third-order valence-corrected chi connectivity index (χ3v) is 4.98. The van der Waals surface area contributed by atoms with Gasteiger partial charge in [-0.05, 0) is 23.1 Å². The largest absolute Gasteiger partial charge is 0.454 e. The Morgan fingerprint density at radius 1 is 1.00 bits per heavy atom. The van der Waals surface area contributed by atoms with E-state index < -0.39 is 11.9 Å². The molecule has 0 aliphatic heterocycles.